The van der Waals surface area contributed by atoms with Crippen molar-refractivity contribution in [2.24, 2.45) is 5.92 Å². The number of ketones is 1. The number of aromatic nitrogens is 3. The average Bonchev–Trinajstić information content (AvgIpc) is 3.26. The minimum absolute atomic E-state index is 0.0335. The first-order valence-electron chi connectivity index (χ1n) is 12.0. The molecule has 0 spiro atoms. The number of aromatic carboxylic acids is 1. The molecule has 1 N–H and O–H groups in total. The molecule has 0 atom stereocenters. The number of carboxylic acids is 1. The van der Waals surface area contributed by atoms with Crippen LogP contribution in [0.3, 0.4) is 0 Å². The zero-order valence-corrected chi connectivity index (χ0v) is 19.4. The maximum absolute atomic E-state index is 12.9. The Morgan fingerprint density at radius 1 is 1.06 bits per heavy atom. The molecule has 4 rings (SSSR count). The van der Waals surface area contributed by atoms with Gasteiger partial charge in [-0.2, -0.15) is 0 Å². The van der Waals surface area contributed by atoms with Gasteiger partial charge >= 0.3 is 5.97 Å². The number of aryl methyl sites for hydroxylation is 1. The van der Waals surface area contributed by atoms with Crippen LogP contribution in [0.2, 0.25) is 0 Å². The summed E-state index contributed by atoms with van der Waals surface area (Å²) in [5, 5.41) is 14.0. The highest BCUT2D eigenvalue weighted by Crippen LogP contribution is 2.28. The van der Waals surface area contributed by atoms with E-state index in [1.54, 1.807) is 12.1 Å². The molecule has 1 saturated carbocycles. The van der Waals surface area contributed by atoms with E-state index >= 15 is 0 Å². The van der Waals surface area contributed by atoms with Crippen LogP contribution in [-0.4, -0.2) is 31.6 Å². The molecule has 176 valence electrons. The van der Waals surface area contributed by atoms with E-state index in [2.05, 4.69) is 16.7 Å². The Bertz CT molecular complexity index is 1160. The first-order chi connectivity index (χ1) is 16.5. The Labute approximate surface area is 200 Å². The van der Waals surface area contributed by atoms with E-state index in [0.29, 0.717) is 36.7 Å². The van der Waals surface area contributed by atoms with Gasteiger partial charge < -0.3 is 5.11 Å². The molecular weight excluding hydrogens is 426 g/mol. The molecule has 0 amide bonds. The quantitative estimate of drug-likeness (QED) is 0.300. The van der Waals surface area contributed by atoms with Gasteiger partial charge in [0.2, 0.25) is 11.6 Å². The molecule has 0 bridgehead atoms. The molecule has 0 radical (unpaired) electrons. The monoisotopic (exact) mass is 457 g/mol. The number of Topliss-reactive ketones (excluding diaryl/α,β-unsaturated/α-hetero) is 1. The second-order valence-corrected chi connectivity index (χ2v) is 9.01. The van der Waals surface area contributed by atoms with Gasteiger partial charge in [0.1, 0.15) is 5.82 Å². The van der Waals surface area contributed by atoms with Crippen LogP contribution in [0.1, 0.15) is 77.3 Å². The third kappa shape index (κ3) is 5.68. The molecule has 2 aromatic carbocycles. The van der Waals surface area contributed by atoms with Crippen LogP contribution in [0.5, 0.6) is 0 Å². The van der Waals surface area contributed by atoms with Crippen molar-refractivity contribution < 1.29 is 14.7 Å². The molecule has 34 heavy (non-hydrogen) atoms. The maximum atomic E-state index is 12.9. The van der Waals surface area contributed by atoms with Crippen molar-refractivity contribution in [3.63, 3.8) is 0 Å². The molecular formula is C28H31N3O3. The highest BCUT2D eigenvalue weighted by molar-refractivity contribution is 5.96. The van der Waals surface area contributed by atoms with Gasteiger partial charge in [-0.1, -0.05) is 80.6 Å². The smallest absolute Gasteiger partial charge is 0.336 e. The van der Waals surface area contributed by atoms with Crippen molar-refractivity contribution in [3.05, 3.63) is 84.0 Å². The van der Waals surface area contributed by atoms with Gasteiger partial charge in [-0.15, -0.1) is 11.7 Å². The molecule has 1 aromatic heterocycles. The third-order valence-electron chi connectivity index (χ3n) is 6.53. The molecule has 1 aliphatic carbocycles. The predicted octanol–water partition coefficient (Wildman–Crippen LogP) is 5.96. The van der Waals surface area contributed by atoms with Gasteiger partial charge in [0, 0.05) is 19.4 Å². The minimum Gasteiger partial charge on any atom is -0.478 e. The number of rotatable bonds is 10. The van der Waals surface area contributed by atoms with Gasteiger partial charge in [-0.25, -0.2) is 14.5 Å². The van der Waals surface area contributed by atoms with Crippen LogP contribution in [0.4, 0.5) is 0 Å². The summed E-state index contributed by atoms with van der Waals surface area (Å²) in [6.07, 6.45) is 9.57. The van der Waals surface area contributed by atoms with Crippen LogP contribution in [0.25, 0.3) is 11.1 Å². The van der Waals surface area contributed by atoms with Gasteiger partial charge in [0.15, 0.2) is 0 Å². The molecule has 0 aliphatic heterocycles. The Hall–Kier alpha value is -3.54. The van der Waals surface area contributed by atoms with Crippen LogP contribution in [0.15, 0.2) is 61.2 Å². The Kier molecular flexibility index (Phi) is 7.68. The van der Waals surface area contributed by atoms with Crippen molar-refractivity contribution in [1.82, 2.24) is 14.8 Å². The SMILES string of the molecule is C=CCCn1nc(C(=O)CC2CCCCC2)nc1Cc1ccc(-c2ccccc2C(=O)O)cc1. The molecule has 1 heterocycles. The summed E-state index contributed by atoms with van der Waals surface area (Å²) in [6.45, 7) is 4.43. The summed E-state index contributed by atoms with van der Waals surface area (Å²) in [5.74, 6) is 0.613. The molecule has 6 nitrogen and oxygen atoms in total. The van der Waals surface area contributed by atoms with Crippen molar-refractivity contribution in [2.75, 3.05) is 0 Å². The number of benzene rings is 2. The number of carbonyl (C=O) groups excluding carboxylic acids is 1. The van der Waals surface area contributed by atoms with Crippen LogP contribution in [-0.2, 0) is 13.0 Å². The molecule has 1 fully saturated rings. The van der Waals surface area contributed by atoms with Gasteiger partial charge in [0.25, 0.3) is 0 Å². The lowest BCUT2D eigenvalue weighted by Gasteiger charge is -2.19. The highest BCUT2D eigenvalue weighted by atomic mass is 16.4. The summed E-state index contributed by atoms with van der Waals surface area (Å²) in [5.41, 5.74) is 2.83. The lowest BCUT2D eigenvalue weighted by molar-refractivity contribution is 0.0697. The van der Waals surface area contributed by atoms with Crippen molar-refractivity contribution in [3.8, 4) is 11.1 Å². The van der Waals surface area contributed by atoms with E-state index in [1.807, 2.05) is 47.2 Å². The first kappa shape index (κ1) is 23.6. The minimum atomic E-state index is -0.944. The Morgan fingerprint density at radius 3 is 2.50 bits per heavy atom. The van der Waals surface area contributed by atoms with Crippen LogP contribution >= 0.6 is 0 Å². The van der Waals surface area contributed by atoms with Crippen molar-refractivity contribution in [1.29, 1.82) is 0 Å². The Balaban J connectivity index is 1.52. The second kappa shape index (κ2) is 11.1. The standard InChI is InChI=1S/C28H31N3O3/c1-2-3-17-31-26(29-27(30-31)25(32)18-20-9-5-4-6-10-20)19-21-13-15-22(16-14-21)23-11-7-8-12-24(23)28(33)34/h2,7-8,11-16,20H,1,3-6,9-10,17-19H2,(H,33,34). The van der Waals surface area contributed by atoms with E-state index in [0.717, 1.165) is 36.2 Å². The number of allylic oxidation sites excluding steroid dienone is 1. The normalized spacial score (nSPS) is 14.1. The highest BCUT2D eigenvalue weighted by Gasteiger charge is 2.22. The van der Waals surface area contributed by atoms with Crippen LogP contribution < -0.4 is 0 Å². The molecule has 1 aliphatic rings. The number of carbonyl (C=O) groups is 2. The topological polar surface area (TPSA) is 85.1 Å². The van der Waals surface area contributed by atoms with Crippen molar-refractivity contribution >= 4 is 11.8 Å². The number of carboxylic acid groups (broad SMARTS) is 1. The summed E-state index contributed by atoms with van der Waals surface area (Å²) in [7, 11) is 0. The van der Waals surface area contributed by atoms with Gasteiger partial charge in [0.05, 0.1) is 5.56 Å². The summed E-state index contributed by atoms with van der Waals surface area (Å²) >= 11 is 0. The lowest BCUT2D eigenvalue weighted by atomic mass is 9.86. The van der Waals surface area contributed by atoms with E-state index < -0.39 is 5.97 Å². The molecule has 3 aromatic rings. The zero-order valence-electron chi connectivity index (χ0n) is 19.4. The fourth-order valence-corrected chi connectivity index (χ4v) is 4.67. The lowest BCUT2D eigenvalue weighted by Crippen LogP contribution is -2.13. The second-order valence-electron chi connectivity index (χ2n) is 9.01. The van der Waals surface area contributed by atoms with E-state index in [9.17, 15) is 14.7 Å². The third-order valence-corrected chi connectivity index (χ3v) is 6.53. The first-order valence-corrected chi connectivity index (χ1v) is 12.0. The number of hydrogen-bond donors (Lipinski definition) is 1. The van der Waals surface area contributed by atoms with E-state index in [4.69, 9.17) is 0 Å². The van der Waals surface area contributed by atoms with Crippen molar-refractivity contribution in [2.45, 2.75) is 57.9 Å². The van der Waals surface area contributed by atoms with E-state index in [1.165, 1.54) is 19.3 Å². The average molecular weight is 458 g/mol. The van der Waals surface area contributed by atoms with Gasteiger partial charge in [-0.3, -0.25) is 4.79 Å². The van der Waals surface area contributed by atoms with Crippen LogP contribution in [0, 0.1) is 5.92 Å². The molecule has 6 heteroatoms. The number of hydrogen-bond acceptors (Lipinski definition) is 4. The fourth-order valence-electron chi connectivity index (χ4n) is 4.67. The van der Waals surface area contributed by atoms with Gasteiger partial charge in [-0.05, 0) is 35.1 Å². The largest absolute Gasteiger partial charge is 0.478 e. The number of nitrogens with zero attached hydrogens (tertiary/aromatic N) is 3. The predicted molar refractivity (Wildman–Crippen MR) is 132 cm³/mol. The zero-order chi connectivity index (χ0) is 23.9. The summed E-state index contributed by atoms with van der Waals surface area (Å²) in [6, 6.07) is 14.8. The Morgan fingerprint density at radius 2 is 1.79 bits per heavy atom. The summed E-state index contributed by atoms with van der Waals surface area (Å²) < 4.78 is 1.82. The molecule has 0 saturated heterocycles. The van der Waals surface area contributed by atoms with E-state index in [-0.39, 0.29) is 11.3 Å². The molecule has 0 unspecified atom stereocenters. The fraction of sp³-hybridized carbons (Fsp3) is 0.357. The summed E-state index contributed by atoms with van der Waals surface area (Å²) in [4.78, 5) is 29.1. The maximum Gasteiger partial charge on any atom is 0.336 e.